The van der Waals surface area contributed by atoms with Gasteiger partial charge in [-0.2, -0.15) is 0 Å². The molecule has 0 aliphatic heterocycles. The second kappa shape index (κ2) is 2.08. The SMILES string of the molecule is CCOC(=O)C12C(N)C3CC1C2C3. The third-order valence-corrected chi connectivity index (χ3v) is 4.41. The minimum atomic E-state index is -0.222. The zero-order valence-corrected chi connectivity index (χ0v) is 7.82. The molecule has 3 nitrogen and oxygen atoms in total. The molecule has 0 aromatic rings. The monoisotopic (exact) mass is 181 g/mol. The van der Waals surface area contributed by atoms with E-state index in [0.29, 0.717) is 24.4 Å². The molecular formula is C10H15NO2. The van der Waals surface area contributed by atoms with Gasteiger partial charge in [0, 0.05) is 6.04 Å². The summed E-state index contributed by atoms with van der Waals surface area (Å²) in [5.74, 6) is 1.75. The summed E-state index contributed by atoms with van der Waals surface area (Å²) in [5.41, 5.74) is 5.85. The average Bonchev–Trinajstić information content (AvgIpc) is 2.49. The highest BCUT2D eigenvalue weighted by atomic mass is 16.5. The Morgan fingerprint density at radius 2 is 2.15 bits per heavy atom. The van der Waals surface area contributed by atoms with Gasteiger partial charge in [0.05, 0.1) is 12.0 Å². The van der Waals surface area contributed by atoms with Gasteiger partial charge in [-0.1, -0.05) is 0 Å². The van der Waals surface area contributed by atoms with E-state index in [9.17, 15) is 4.79 Å². The molecule has 13 heavy (non-hydrogen) atoms. The first-order chi connectivity index (χ1) is 6.22. The summed E-state index contributed by atoms with van der Waals surface area (Å²) in [7, 11) is 0. The molecule has 0 amide bonds. The van der Waals surface area contributed by atoms with E-state index in [1.54, 1.807) is 0 Å². The Kier molecular flexibility index (Phi) is 1.25. The Hall–Kier alpha value is -0.570. The Bertz CT molecular complexity index is 264. The molecule has 0 aromatic carbocycles. The summed E-state index contributed by atoms with van der Waals surface area (Å²) < 4.78 is 5.12. The molecule has 4 fully saturated rings. The van der Waals surface area contributed by atoms with Crippen LogP contribution < -0.4 is 5.73 Å². The van der Waals surface area contributed by atoms with Gasteiger partial charge in [-0.05, 0) is 37.5 Å². The molecule has 0 saturated heterocycles. The third-order valence-electron chi connectivity index (χ3n) is 4.41. The summed E-state index contributed by atoms with van der Waals surface area (Å²) in [6.45, 7) is 2.34. The molecule has 4 aliphatic carbocycles. The van der Waals surface area contributed by atoms with Gasteiger partial charge in [0.15, 0.2) is 0 Å². The van der Waals surface area contributed by atoms with Gasteiger partial charge in [-0.3, -0.25) is 4.79 Å². The Balaban J connectivity index is 1.89. The molecule has 72 valence electrons. The summed E-state index contributed by atoms with van der Waals surface area (Å²) in [6.07, 6.45) is 2.34. The summed E-state index contributed by atoms with van der Waals surface area (Å²) >= 11 is 0. The molecule has 4 saturated carbocycles. The lowest BCUT2D eigenvalue weighted by Gasteiger charge is -2.16. The predicted octanol–water partition coefficient (Wildman–Crippen LogP) is 0.533. The molecule has 0 heterocycles. The fraction of sp³-hybridized carbons (Fsp3) is 0.900. The van der Waals surface area contributed by atoms with Crippen LogP contribution in [0.15, 0.2) is 0 Å². The molecule has 3 unspecified atom stereocenters. The lowest BCUT2D eigenvalue weighted by Crippen LogP contribution is -2.37. The molecular weight excluding hydrogens is 166 g/mol. The van der Waals surface area contributed by atoms with Crippen LogP contribution in [0.1, 0.15) is 19.8 Å². The molecule has 3 atom stereocenters. The molecule has 0 radical (unpaired) electrons. The minimum absolute atomic E-state index is 0.0162. The average molecular weight is 181 g/mol. The van der Waals surface area contributed by atoms with Crippen LogP contribution in [0.25, 0.3) is 0 Å². The number of hydrogen-bond acceptors (Lipinski definition) is 3. The van der Waals surface area contributed by atoms with Crippen molar-refractivity contribution in [2.75, 3.05) is 6.61 Å². The minimum Gasteiger partial charge on any atom is -0.466 e. The van der Waals surface area contributed by atoms with Crippen LogP contribution in [-0.2, 0) is 9.53 Å². The van der Waals surface area contributed by atoms with E-state index in [2.05, 4.69) is 0 Å². The van der Waals surface area contributed by atoms with Gasteiger partial charge in [-0.15, -0.1) is 0 Å². The predicted molar refractivity (Wildman–Crippen MR) is 46.7 cm³/mol. The van der Waals surface area contributed by atoms with Crippen molar-refractivity contribution in [1.82, 2.24) is 0 Å². The van der Waals surface area contributed by atoms with E-state index >= 15 is 0 Å². The van der Waals surface area contributed by atoms with Crippen molar-refractivity contribution in [2.45, 2.75) is 25.8 Å². The topological polar surface area (TPSA) is 52.3 Å². The smallest absolute Gasteiger partial charge is 0.314 e. The fourth-order valence-corrected chi connectivity index (χ4v) is 3.90. The number of nitrogens with two attached hydrogens (primary N) is 1. The van der Waals surface area contributed by atoms with Crippen LogP contribution in [0.4, 0.5) is 0 Å². The van der Waals surface area contributed by atoms with Crippen LogP contribution >= 0.6 is 0 Å². The van der Waals surface area contributed by atoms with Crippen molar-refractivity contribution in [3.05, 3.63) is 0 Å². The first-order valence-electron chi connectivity index (χ1n) is 5.15. The molecule has 4 aliphatic rings. The number of esters is 1. The molecule has 4 rings (SSSR count). The van der Waals surface area contributed by atoms with Crippen LogP contribution in [0.2, 0.25) is 0 Å². The normalized spacial score (nSPS) is 55.2. The van der Waals surface area contributed by atoms with Gasteiger partial charge >= 0.3 is 5.97 Å². The van der Waals surface area contributed by atoms with Crippen molar-refractivity contribution in [3.63, 3.8) is 0 Å². The highest BCUT2D eigenvalue weighted by Crippen LogP contribution is 2.78. The maximum atomic E-state index is 11.8. The van der Waals surface area contributed by atoms with Crippen molar-refractivity contribution < 1.29 is 9.53 Å². The first kappa shape index (κ1) is 7.80. The van der Waals surface area contributed by atoms with Crippen LogP contribution in [0.3, 0.4) is 0 Å². The lowest BCUT2D eigenvalue weighted by atomic mass is 9.99. The quantitative estimate of drug-likeness (QED) is 0.632. The highest BCUT2D eigenvalue weighted by molar-refractivity contribution is 5.84. The van der Waals surface area contributed by atoms with Crippen LogP contribution in [0.5, 0.6) is 0 Å². The van der Waals surface area contributed by atoms with E-state index in [-0.39, 0.29) is 17.4 Å². The third kappa shape index (κ3) is 0.622. The number of ether oxygens (including phenoxy) is 1. The maximum absolute atomic E-state index is 11.8. The van der Waals surface area contributed by atoms with Gasteiger partial charge < -0.3 is 10.5 Å². The Labute approximate surface area is 77.6 Å². The molecule has 2 N–H and O–H groups in total. The summed E-state index contributed by atoms with van der Waals surface area (Å²) in [6, 6.07) is 0.0987. The van der Waals surface area contributed by atoms with Crippen molar-refractivity contribution in [2.24, 2.45) is 28.9 Å². The highest BCUT2D eigenvalue weighted by Gasteiger charge is 2.82. The van der Waals surface area contributed by atoms with E-state index in [1.165, 1.54) is 12.8 Å². The molecule has 0 spiro atoms. The molecule has 4 bridgehead atoms. The number of rotatable bonds is 2. The van der Waals surface area contributed by atoms with Gasteiger partial charge in [0.25, 0.3) is 0 Å². The van der Waals surface area contributed by atoms with Gasteiger partial charge in [0.2, 0.25) is 0 Å². The number of carbonyl (C=O) groups is 1. The van der Waals surface area contributed by atoms with Gasteiger partial charge in [-0.25, -0.2) is 0 Å². The van der Waals surface area contributed by atoms with Crippen molar-refractivity contribution in [3.8, 4) is 0 Å². The van der Waals surface area contributed by atoms with Crippen molar-refractivity contribution in [1.29, 1.82) is 0 Å². The Morgan fingerprint density at radius 1 is 1.54 bits per heavy atom. The van der Waals surface area contributed by atoms with Gasteiger partial charge in [0.1, 0.15) is 0 Å². The van der Waals surface area contributed by atoms with E-state index < -0.39 is 0 Å². The Morgan fingerprint density at radius 3 is 2.54 bits per heavy atom. The molecule has 0 aromatic heterocycles. The standard InChI is InChI=1S/C10H15NO2/c1-2-13-9(12)10-6-3-5(8(10)11)4-7(6)10/h5-8H,2-4,11H2,1H3. The second-order valence-corrected chi connectivity index (χ2v) is 4.62. The zero-order valence-electron chi connectivity index (χ0n) is 7.82. The van der Waals surface area contributed by atoms with Crippen LogP contribution in [0, 0.1) is 23.2 Å². The van der Waals surface area contributed by atoms with E-state index in [1.807, 2.05) is 6.92 Å². The largest absolute Gasteiger partial charge is 0.466 e. The zero-order chi connectivity index (χ0) is 9.22. The van der Waals surface area contributed by atoms with Crippen molar-refractivity contribution >= 4 is 5.97 Å². The molecule has 3 heteroatoms. The first-order valence-corrected chi connectivity index (χ1v) is 5.15. The van der Waals surface area contributed by atoms with E-state index in [4.69, 9.17) is 10.5 Å². The number of hydrogen-bond donors (Lipinski definition) is 1. The number of carbonyl (C=O) groups excluding carboxylic acids is 1. The van der Waals surface area contributed by atoms with E-state index in [0.717, 1.165) is 0 Å². The lowest BCUT2D eigenvalue weighted by molar-refractivity contribution is -0.150. The second-order valence-electron chi connectivity index (χ2n) is 4.62. The summed E-state index contributed by atoms with van der Waals surface area (Å²) in [5, 5.41) is 0. The summed E-state index contributed by atoms with van der Waals surface area (Å²) in [4.78, 5) is 11.8. The fourth-order valence-electron chi connectivity index (χ4n) is 3.90. The maximum Gasteiger partial charge on any atom is 0.314 e. The van der Waals surface area contributed by atoms with Crippen LogP contribution in [-0.4, -0.2) is 18.6 Å².